The third-order valence-electron chi connectivity index (χ3n) is 3.82. The van der Waals surface area contributed by atoms with E-state index in [0.717, 1.165) is 43.9 Å². The zero-order valence-electron chi connectivity index (χ0n) is 12.9. The van der Waals surface area contributed by atoms with Crippen molar-refractivity contribution in [3.05, 3.63) is 35.4 Å². The maximum absolute atomic E-state index is 12.0. The van der Waals surface area contributed by atoms with E-state index in [9.17, 15) is 8.42 Å². The molecule has 118 valence electrons. The third kappa shape index (κ3) is 5.74. The number of benzene rings is 1. The Morgan fingerprint density at radius 1 is 1.10 bits per heavy atom. The molecule has 1 aromatic rings. The Kier molecular flexibility index (Phi) is 5.75. The number of hydrogen-bond acceptors (Lipinski definition) is 4. The molecule has 0 spiro atoms. The van der Waals surface area contributed by atoms with Gasteiger partial charge in [0.15, 0.2) is 0 Å². The predicted octanol–water partition coefficient (Wildman–Crippen LogP) is 0.662. The van der Waals surface area contributed by atoms with E-state index < -0.39 is 10.0 Å². The van der Waals surface area contributed by atoms with Crippen LogP contribution < -0.4 is 4.72 Å². The summed E-state index contributed by atoms with van der Waals surface area (Å²) in [5.41, 5.74) is 1.96. The molecule has 1 aromatic carbocycles. The summed E-state index contributed by atoms with van der Waals surface area (Å²) in [6.07, 6.45) is 0. The molecule has 0 amide bonds. The van der Waals surface area contributed by atoms with Gasteiger partial charge in [-0.2, -0.15) is 0 Å². The molecule has 6 heteroatoms. The molecular weight excluding hydrogens is 286 g/mol. The highest BCUT2D eigenvalue weighted by atomic mass is 32.2. The fourth-order valence-corrected chi connectivity index (χ4v) is 3.52. The van der Waals surface area contributed by atoms with Gasteiger partial charge in [0.25, 0.3) is 0 Å². The summed E-state index contributed by atoms with van der Waals surface area (Å²) in [5, 5.41) is 0. The molecule has 0 radical (unpaired) electrons. The van der Waals surface area contributed by atoms with Gasteiger partial charge >= 0.3 is 0 Å². The van der Waals surface area contributed by atoms with Crippen molar-refractivity contribution in [1.82, 2.24) is 14.5 Å². The highest BCUT2D eigenvalue weighted by Gasteiger charge is 2.15. The van der Waals surface area contributed by atoms with Crippen molar-refractivity contribution in [3.63, 3.8) is 0 Å². The molecule has 0 unspecified atom stereocenters. The predicted molar refractivity (Wildman–Crippen MR) is 85.7 cm³/mol. The summed E-state index contributed by atoms with van der Waals surface area (Å²) in [6, 6.07) is 7.62. The second-order valence-corrected chi connectivity index (χ2v) is 7.59. The van der Waals surface area contributed by atoms with E-state index in [4.69, 9.17) is 0 Å². The molecule has 1 fully saturated rings. The van der Waals surface area contributed by atoms with Crippen molar-refractivity contribution in [2.24, 2.45) is 0 Å². The number of hydrogen-bond donors (Lipinski definition) is 1. The summed E-state index contributed by atoms with van der Waals surface area (Å²) < 4.78 is 26.8. The maximum Gasteiger partial charge on any atom is 0.215 e. The number of likely N-dealkylation sites (N-methyl/N-ethyl adjacent to an activating group) is 1. The second kappa shape index (κ2) is 7.35. The number of piperazine rings is 1. The minimum absolute atomic E-state index is 0.0516. The van der Waals surface area contributed by atoms with Gasteiger partial charge in [-0.05, 0) is 19.5 Å². The Bertz CT molecular complexity index is 535. The average molecular weight is 311 g/mol. The van der Waals surface area contributed by atoms with Gasteiger partial charge < -0.3 is 4.90 Å². The molecule has 1 saturated heterocycles. The van der Waals surface area contributed by atoms with Gasteiger partial charge in [-0.15, -0.1) is 0 Å². The first-order valence-corrected chi connectivity index (χ1v) is 9.04. The molecule has 2 rings (SSSR count). The summed E-state index contributed by atoms with van der Waals surface area (Å²) in [6.45, 7) is 7.38. The smallest absolute Gasteiger partial charge is 0.215 e. The van der Waals surface area contributed by atoms with Crippen LogP contribution in [0.3, 0.4) is 0 Å². The van der Waals surface area contributed by atoms with Crippen LogP contribution in [-0.4, -0.2) is 64.5 Å². The van der Waals surface area contributed by atoms with E-state index in [1.165, 1.54) is 0 Å². The highest BCUT2D eigenvalue weighted by molar-refractivity contribution is 7.88. The Morgan fingerprint density at radius 2 is 1.71 bits per heavy atom. The summed E-state index contributed by atoms with van der Waals surface area (Å²) in [4.78, 5) is 4.59. The Morgan fingerprint density at radius 3 is 2.33 bits per heavy atom. The molecule has 0 atom stereocenters. The molecule has 0 saturated carbocycles. The van der Waals surface area contributed by atoms with E-state index in [1.54, 1.807) is 0 Å². The van der Waals surface area contributed by atoms with Gasteiger partial charge in [0.05, 0.1) is 5.75 Å². The molecule has 0 aromatic heterocycles. The van der Waals surface area contributed by atoms with Gasteiger partial charge in [-0.3, -0.25) is 4.90 Å². The number of nitrogens with one attached hydrogen (secondary N) is 1. The summed E-state index contributed by atoms with van der Waals surface area (Å²) >= 11 is 0. The van der Waals surface area contributed by atoms with Crippen LogP contribution in [0.1, 0.15) is 11.1 Å². The molecule has 0 aliphatic carbocycles. The zero-order chi connectivity index (χ0) is 15.3. The quantitative estimate of drug-likeness (QED) is 0.839. The van der Waals surface area contributed by atoms with Crippen molar-refractivity contribution in [2.45, 2.75) is 12.7 Å². The molecule has 0 bridgehead atoms. The van der Waals surface area contributed by atoms with Crippen molar-refractivity contribution in [3.8, 4) is 0 Å². The minimum Gasteiger partial charge on any atom is -0.304 e. The van der Waals surface area contributed by atoms with E-state index in [1.807, 2.05) is 31.2 Å². The van der Waals surface area contributed by atoms with E-state index in [2.05, 4.69) is 21.6 Å². The molecule has 1 aliphatic heterocycles. The van der Waals surface area contributed by atoms with Gasteiger partial charge in [0.1, 0.15) is 0 Å². The number of sulfonamides is 1. The molecule has 1 N–H and O–H groups in total. The van der Waals surface area contributed by atoms with E-state index in [0.29, 0.717) is 6.54 Å². The van der Waals surface area contributed by atoms with Crippen LogP contribution in [0.4, 0.5) is 0 Å². The first-order valence-electron chi connectivity index (χ1n) is 7.38. The van der Waals surface area contributed by atoms with Crippen LogP contribution in [0.15, 0.2) is 24.3 Å². The van der Waals surface area contributed by atoms with E-state index in [-0.39, 0.29) is 5.75 Å². The Hall–Kier alpha value is -0.950. The van der Waals surface area contributed by atoms with E-state index >= 15 is 0 Å². The largest absolute Gasteiger partial charge is 0.304 e. The lowest BCUT2D eigenvalue weighted by atomic mass is 10.2. The van der Waals surface area contributed by atoms with Crippen molar-refractivity contribution < 1.29 is 8.42 Å². The second-order valence-electron chi connectivity index (χ2n) is 5.78. The molecule has 1 aliphatic rings. The first kappa shape index (κ1) is 16.4. The van der Waals surface area contributed by atoms with Gasteiger partial charge in [0.2, 0.25) is 10.0 Å². The van der Waals surface area contributed by atoms with Crippen LogP contribution in [0.25, 0.3) is 0 Å². The molecule has 21 heavy (non-hydrogen) atoms. The van der Waals surface area contributed by atoms with Crippen LogP contribution in [0.5, 0.6) is 0 Å². The number of rotatable bonds is 6. The lowest BCUT2D eigenvalue weighted by Crippen LogP contribution is -2.46. The highest BCUT2D eigenvalue weighted by Crippen LogP contribution is 2.07. The normalized spacial score (nSPS) is 18.0. The number of nitrogens with zero attached hydrogens (tertiary/aromatic N) is 2. The standard InChI is InChI=1S/C15H25N3O2S/c1-14-3-5-15(6-4-14)13-21(19,20)16-7-8-18-11-9-17(2)10-12-18/h3-6,16H,7-13H2,1-2H3. The fourth-order valence-electron chi connectivity index (χ4n) is 2.39. The third-order valence-corrected chi connectivity index (χ3v) is 5.18. The fraction of sp³-hybridized carbons (Fsp3) is 0.600. The van der Waals surface area contributed by atoms with Crippen molar-refractivity contribution in [2.75, 3.05) is 46.3 Å². The van der Waals surface area contributed by atoms with Crippen LogP contribution >= 0.6 is 0 Å². The zero-order valence-corrected chi connectivity index (χ0v) is 13.7. The molecule has 1 heterocycles. The maximum atomic E-state index is 12.0. The monoisotopic (exact) mass is 311 g/mol. The SMILES string of the molecule is Cc1ccc(CS(=O)(=O)NCCN2CCN(C)CC2)cc1. The molecule has 5 nitrogen and oxygen atoms in total. The van der Waals surface area contributed by atoms with Gasteiger partial charge in [0, 0.05) is 39.3 Å². The summed E-state index contributed by atoms with van der Waals surface area (Å²) in [7, 11) is -1.13. The Labute approximate surface area is 128 Å². The lowest BCUT2D eigenvalue weighted by Gasteiger charge is -2.32. The summed E-state index contributed by atoms with van der Waals surface area (Å²) in [5.74, 6) is 0.0516. The first-order chi connectivity index (χ1) is 9.94. The number of aryl methyl sites for hydroxylation is 1. The van der Waals surface area contributed by atoms with Crippen molar-refractivity contribution >= 4 is 10.0 Å². The van der Waals surface area contributed by atoms with Crippen LogP contribution in [0, 0.1) is 6.92 Å². The van der Waals surface area contributed by atoms with Gasteiger partial charge in [-0.1, -0.05) is 29.8 Å². The van der Waals surface area contributed by atoms with Crippen LogP contribution in [0.2, 0.25) is 0 Å². The van der Waals surface area contributed by atoms with Crippen LogP contribution in [-0.2, 0) is 15.8 Å². The lowest BCUT2D eigenvalue weighted by molar-refractivity contribution is 0.156. The molecular formula is C15H25N3O2S. The van der Waals surface area contributed by atoms with Crippen molar-refractivity contribution in [1.29, 1.82) is 0 Å². The van der Waals surface area contributed by atoms with Gasteiger partial charge in [-0.25, -0.2) is 13.1 Å². The topological polar surface area (TPSA) is 52.7 Å². The minimum atomic E-state index is -3.25. The average Bonchev–Trinajstić information content (AvgIpc) is 2.43. The Balaban J connectivity index is 1.75.